The van der Waals surface area contributed by atoms with E-state index in [-0.39, 0.29) is 35.3 Å². The van der Waals surface area contributed by atoms with Crippen LogP contribution < -0.4 is 5.32 Å². The largest absolute Gasteiger partial charge is 0.326 e. The van der Waals surface area contributed by atoms with Crippen molar-refractivity contribution in [3.05, 3.63) is 100 Å². The Kier molecular flexibility index (Phi) is 4.12. The highest BCUT2D eigenvalue weighted by atomic mass is 19.1. The van der Waals surface area contributed by atoms with Gasteiger partial charge in [0, 0.05) is 27.9 Å². The van der Waals surface area contributed by atoms with Gasteiger partial charge in [-0.15, -0.1) is 0 Å². The van der Waals surface area contributed by atoms with Gasteiger partial charge in [-0.05, 0) is 35.9 Å². The second kappa shape index (κ2) is 6.61. The van der Waals surface area contributed by atoms with Gasteiger partial charge in [-0.25, -0.2) is 4.39 Å². The van der Waals surface area contributed by atoms with E-state index in [1.54, 1.807) is 48.5 Å². The smallest absolute Gasteiger partial charge is 0.228 e. The first-order valence-electron chi connectivity index (χ1n) is 8.40. The zero-order valence-electron chi connectivity index (χ0n) is 14.2. The third-order valence-electron chi connectivity index (χ3n) is 4.49. The summed E-state index contributed by atoms with van der Waals surface area (Å²) >= 11 is 0. The summed E-state index contributed by atoms with van der Waals surface area (Å²) in [6.45, 7) is 0. The van der Waals surface area contributed by atoms with E-state index in [0.29, 0.717) is 27.9 Å². The molecule has 3 aromatic rings. The van der Waals surface area contributed by atoms with E-state index in [9.17, 15) is 18.8 Å². The SMILES string of the molecule is O=C(Cc1ccc(F)cc1)Nc1ccc2c(c1)C(=O)c1ccccc1C2=O. The summed E-state index contributed by atoms with van der Waals surface area (Å²) < 4.78 is 12.9. The molecule has 0 bridgehead atoms. The predicted octanol–water partition coefficient (Wildman–Crippen LogP) is 3.78. The zero-order chi connectivity index (χ0) is 19.0. The van der Waals surface area contributed by atoms with Gasteiger partial charge >= 0.3 is 0 Å². The number of nitrogens with one attached hydrogen (secondary N) is 1. The molecule has 4 nitrogen and oxygen atoms in total. The molecule has 0 saturated heterocycles. The van der Waals surface area contributed by atoms with Crippen molar-refractivity contribution in [2.24, 2.45) is 0 Å². The Bertz CT molecular complexity index is 1090. The van der Waals surface area contributed by atoms with Crippen LogP contribution in [-0.2, 0) is 11.2 Å². The fraction of sp³-hybridized carbons (Fsp3) is 0.0455. The van der Waals surface area contributed by atoms with Crippen LogP contribution in [0.2, 0.25) is 0 Å². The molecule has 0 unspecified atom stereocenters. The third-order valence-corrected chi connectivity index (χ3v) is 4.49. The van der Waals surface area contributed by atoms with Crippen LogP contribution in [-0.4, -0.2) is 17.5 Å². The molecule has 1 aliphatic carbocycles. The van der Waals surface area contributed by atoms with Crippen LogP contribution in [0.5, 0.6) is 0 Å². The molecule has 0 atom stereocenters. The third kappa shape index (κ3) is 3.15. The quantitative estimate of drug-likeness (QED) is 0.605. The Morgan fingerprint density at radius 1 is 0.778 bits per heavy atom. The maximum absolute atomic E-state index is 12.9. The maximum atomic E-state index is 12.9. The Labute approximate surface area is 154 Å². The van der Waals surface area contributed by atoms with E-state index >= 15 is 0 Å². The fourth-order valence-electron chi connectivity index (χ4n) is 3.17. The highest BCUT2D eigenvalue weighted by Crippen LogP contribution is 2.29. The van der Waals surface area contributed by atoms with E-state index < -0.39 is 0 Å². The average molecular weight is 359 g/mol. The molecular weight excluding hydrogens is 345 g/mol. The normalized spacial score (nSPS) is 12.3. The molecule has 27 heavy (non-hydrogen) atoms. The minimum Gasteiger partial charge on any atom is -0.326 e. The van der Waals surface area contributed by atoms with Crippen LogP contribution in [0.25, 0.3) is 0 Å². The molecule has 0 aromatic heterocycles. The molecule has 3 aromatic carbocycles. The molecular formula is C22H14FNO3. The molecule has 5 heteroatoms. The standard InChI is InChI=1S/C22H14FNO3/c23-14-7-5-13(6-8-14)11-20(25)24-15-9-10-18-19(12-15)22(27)17-4-2-1-3-16(17)21(18)26/h1-10,12H,11H2,(H,24,25). The van der Waals surface area contributed by atoms with E-state index in [1.165, 1.54) is 18.2 Å². The minimum atomic E-state index is -0.364. The number of carbonyl (C=O) groups excluding carboxylic acids is 3. The lowest BCUT2D eigenvalue weighted by Gasteiger charge is -2.18. The fourth-order valence-corrected chi connectivity index (χ4v) is 3.17. The van der Waals surface area contributed by atoms with Gasteiger partial charge in [-0.2, -0.15) is 0 Å². The van der Waals surface area contributed by atoms with Crippen LogP contribution in [0, 0.1) is 5.82 Å². The summed E-state index contributed by atoms with van der Waals surface area (Å²) in [5.74, 6) is -1.10. The summed E-state index contributed by atoms with van der Waals surface area (Å²) in [4.78, 5) is 37.5. The van der Waals surface area contributed by atoms with Crippen LogP contribution in [0.15, 0.2) is 66.7 Å². The highest BCUT2D eigenvalue weighted by Gasteiger charge is 2.29. The number of rotatable bonds is 3. The Morgan fingerprint density at radius 2 is 1.37 bits per heavy atom. The Balaban J connectivity index is 1.58. The molecule has 0 saturated carbocycles. The van der Waals surface area contributed by atoms with E-state index in [4.69, 9.17) is 0 Å². The molecule has 0 spiro atoms. The molecule has 1 aliphatic rings. The monoisotopic (exact) mass is 359 g/mol. The van der Waals surface area contributed by atoms with E-state index in [0.717, 1.165) is 0 Å². The molecule has 4 rings (SSSR count). The molecule has 132 valence electrons. The average Bonchev–Trinajstić information content (AvgIpc) is 2.68. The van der Waals surface area contributed by atoms with Crippen molar-refractivity contribution in [1.29, 1.82) is 0 Å². The van der Waals surface area contributed by atoms with Gasteiger partial charge in [0.25, 0.3) is 0 Å². The summed E-state index contributed by atoms with van der Waals surface area (Å²) in [6, 6.07) is 17.0. The van der Waals surface area contributed by atoms with Gasteiger partial charge < -0.3 is 5.32 Å². The van der Waals surface area contributed by atoms with E-state index in [2.05, 4.69) is 5.32 Å². The first kappa shape index (κ1) is 16.8. The predicted molar refractivity (Wildman–Crippen MR) is 98.5 cm³/mol. The zero-order valence-corrected chi connectivity index (χ0v) is 14.2. The highest BCUT2D eigenvalue weighted by molar-refractivity contribution is 6.28. The van der Waals surface area contributed by atoms with Gasteiger partial charge in [0.05, 0.1) is 6.42 Å². The molecule has 0 fully saturated rings. The second-order valence-corrected chi connectivity index (χ2v) is 6.32. The van der Waals surface area contributed by atoms with Gasteiger partial charge in [0.1, 0.15) is 5.82 Å². The van der Waals surface area contributed by atoms with Crippen LogP contribution in [0.1, 0.15) is 37.4 Å². The summed E-state index contributed by atoms with van der Waals surface area (Å²) in [6.07, 6.45) is 0.0765. The van der Waals surface area contributed by atoms with Crippen molar-refractivity contribution in [3.8, 4) is 0 Å². The van der Waals surface area contributed by atoms with Gasteiger partial charge in [0.2, 0.25) is 5.91 Å². The first-order chi connectivity index (χ1) is 13.0. The van der Waals surface area contributed by atoms with Gasteiger partial charge in [-0.3, -0.25) is 14.4 Å². The number of fused-ring (bicyclic) bond motifs is 2. The van der Waals surface area contributed by atoms with Crippen LogP contribution >= 0.6 is 0 Å². The topological polar surface area (TPSA) is 63.2 Å². The first-order valence-corrected chi connectivity index (χ1v) is 8.40. The molecule has 0 heterocycles. The molecule has 1 amide bonds. The van der Waals surface area contributed by atoms with Crippen molar-refractivity contribution in [2.75, 3.05) is 5.32 Å². The van der Waals surface area contributed by atoms with Crippen molar-refractivity contribution >= 4 is 23.2 Å². The van der Waals surface area contributed by atoms with Crippen molar-refractivity contribution < 1.29 is 18.8 Å². The van der Waals surface area contributed by atoms with E-state index in [1.807, 2.05) is 0 Å². The number of anilines is 1. The lowest BCUT2D eigenvalue weighted by molar-refractivity contribution is -0.115. The Hall–Kier alpha value is -3.60. The summed E-state index contributed by atoms with van der Waals surface area (Å²) in [7, 11) is 0. The molecule has 1 N–H and O–H groups in total. The van der Waals surface area contributed by atoms with Crippen molar-refractivity contribution in [2.45, 2.75) is 6.42 Å². The number of ketones is 2. The van der Waals surface area contributed by atoms with Gasteiger partial charge in [-0.1, -0.05) is 36.4 Å². The second-order valence-electron chi connectivity index (χ2n) is 6.32. The number of carbonyl (C=O) groups is 3. The number of benzene rings is 3. The Morgan fingerprint density at radius 3 is 2.04 bits per heavy atom. The molecule has 0 radical (unpaired) electrons. The molecule has 0 aliphatic heterocycles. The van der Waals surface area contributed by atoms with Crippen LogP contribution in [0.3, 0.4) is 0 Å². The summed E-state index contributed by atoms with van der Waals surface area (Å²) in [5, 5.41) is 2.72. The number of halogens is 1. The van der Waals surface area contributed by atoms with Gasteiger partial charge in [0.15, 0.2) is 11.6 Å². The van der Waals surface area contributed by atoms with Crippen LogP contribution in [0.4, 0.5) is 10.1 Å². The number of amides is 1. The van der Waals surface area contributed by atoms with Crippen molar-refractivity contribution in [1.82, 2.24) is 0 Å². The summed E-state index contributed by atoms with van der Waals surface area (Å²) in [5.41, 5.74) is 2.47. The lowest BCUT2D eigenvalue weighted by atomic mass is 9.84. The lowest BCUT2D eigenvalue weighted by Crippen LogP contribution is -2.21. The van der Waals surface area contributed by atoms with Crippen molar-refractivity contribution in [3.63, 3.8) is 0 Å². The number of hydrogen-bond acceptors (Lipinski definition) is 3. The minimum absolute atomic E-state index is 0.0765. The maximum Gasteiger partial charge on any atom is 0.228 e. The number of hydrogen-bond donors (Lipinski definition) is 1.